The van der Waals surface area contributed by atoms with Gasteiger partial charge in [-0.1, -0.05) is 65.7 Å². The van der Waals surface area contributed by atoms with Gasteiger partial charge in [-0.3, -0.25) is 0 Å². The topological polar surface area (TPSA) is 63.6 Å². The van der Waals surface area contributed by atoms with Gasteiger partial charge in [0, 0.05) is 16.5 Å². The maximum Gasteiger partial charge on any atom is 0.345 e. The highest BCUT2D eigenvalue weighted by Crippen LogP contribution is 2.21. The van der Waals surface area contributed by atoms with Gasteiger partial charge in [-0.25, -0.2) is 9.59 Å². The van der Waals surface area contributed by atoms with E-state index in [1.807, 2.05) is 42.5 Å². The number of hydrogen-bond acceptors (Lipinski definition) is 3. The van der Waals surface area contributed by atoms with Crippen LogP contribution in [0.1, 0.15) is 15.9 Å². The van der Waals surface area contributed by atoms with E-state index >= 15 is 0 Å². The first-order chi connectivity index (χ1) is 12.4. The van der Waals surface area contributed by atoms with E-state index < -0.39 is 18.0 Å². The molecule has 1 N–H and O–H groups in total. The monoisotopic (exact) mass is 388 g/mol. The van der Waals surface area contributed by atoms with Crippen LogP contribution in [-0.2, 0) is 16.0 Å². The van der Waals surface area contributed by atoms with Crippen molar-refractivity contribution in [1.29, 1.82) is 0 Å². The molecule has 0 bridgehead atoms. The van der Waals surface area contributed by atoms with Crippen molar-refractivity contribution in [2.24, 2.45) is 0 Å². The van der Waals surface area contributed by atoms with Crippen molar-refractivity contribution in [3.8, 4) is 0 Å². The number of ether oxygens (including phenoxy) is 1. The molecule has 0 aliphatic rings. The maximum atomic E-state index is 12.3. The summed E-state index contributed by atoms with van der Waals surface area (Å²) in [6.45, 7) is 0. The molecule has 4 nitrogen and oxygen atoms in total. The van der Waals surface area contributed by atoms with E-state index in [1.54, 1.807) is 0 Å². The number of fused-ring (bicyclic) bond motifs is 1. The van der Waals surface area contributed by atoms with E-state index in [2.05, 4.69) is 0 Å². The molecule has 0 spiro atoms. The van der Waals surface area contributed by atoms with Crippen LogP contribution in [0, 0.1) is 0 Å². The number of aliphatic carboxylic acids is 1. The molecule has 0 heterocycles. The summed E-state index contributed by atoms with van der Waals surface area (Å²) in [5.74, 6) is -2.01. The van der Waals surface area contributed by atoms with E-state index in [0.29, 0.717) is 0 Å². The molecule has 0 unspecified atom stereocenters. The molecule has 0 aliphatic heterocycles. The second-order valence-corrected chi connectivity index (χ2v) is 6.65. The zero-order chi connectivity index (χ0) is 18.7. The van der Waals surface area contributed by atoms with Gasteiger partial charge in [0.1, 0.15) is 0 Å². The molecule has 3 aromatic rings. The molecule has 132 valence electrons. The molecule has 0 amide bonds. The van der Waals surface area contributed by atoms with Crippen molar-refractivity contribution in [1.82, 2.24) is 0 Å². The molecule has 0 fully saturated rings. The van der Waals surface area contributed by atoms with Crippen LogP contribution in [0.3, 0.4) is 0 Å². The summed E-state index contributed by atoms with van der Waals surface area (Å²) < 4.78 is 5.17. The number of carbonyl (C=O) groups is 2. The van der Waals surface area contributed by atoms with E-state index in [1.165, 1.54) is 18.2 Å². The number of esters is 1. The Balaban J connectivity index is 1.80. The number of rotatable bonds is 5. The van der Waals surface area contributed by atoms with Gasteiger partial charge in [-0.15, -0.1) is 0 Å². The standard InChI is InChI=1S/C20H14Cl2O4/c21-16-9-15(10-17(22)11-16)20(25)26-18(19(23)24)8-12-5-6-13-3-1-2-4-14(13)7-12/h1-7,9-11,18H,8H2,(H,23,24)/t18-/m1/s1. The lowest BCUT2D eigenvalue weighted by molar-refractivity contribution is -0.147. The predicted octanol–water partition coefficient (Wildman–Crippen LogP) is 5.00. The molecule has 0 aliphatic carbocycles. The Labute approximate surface area is 159 Å². The van der Waals surface area contributed by atoms with Crippen molar-refractivity contribution in [3.05, 3.63) is 81.8 Å². The van der Waals surface area contributed by atoms with Crippen LogP contribution in [0.15, 0.2) is 60.7 Å². The van der Waals surface area contributed by atoms with Gasteiger partial charge in [-0.05, 0) is 34.5 Å². The van der Waals surface area contributed by atoms with Gasteiger partial charge in [-0.2, -0.15) is 0 Å². The zero-order valence-corrected chi connectivity index (χ0v) is 15.0. The number of carbonyl (C=O) groups excluding carboxylic acids is 1. The highest BCUT2D eigenvalue weighted by Gasteiger charge is 2.24. The summed E-state index contributed by atoms with van der Waals surface area (Å²) in [6.07, 6.45) is -1.26. The van der Waals surface area contributed by atoms with Crippen LogP contribution in [0.5, 0.6) is 0 Å². The first-order valence-corrected chi connectivity index (χ1v) is 8.55. The van der Waals surface area contributed by atoms with Gasteiger partial charge in [0.05, 0.1) is 5.56 Å². The Bertz CT molecular complexity index is 964. The Morgan fingerprint density at radius 1 is 0.923 bits per heavy atom. The molecular formula is C20H14Cl2O4. The molecule has 0 aromatic heterocycles. The number of halogens is 2. The third kappa shape index (κ3) is 4.34. The van der Waals surface area contributed by atoms with Crippen molar-refractivity contribution >= 4 is 45.9 Å². The maximum absolute atomic E-state index is 12.3. The third-order valence-corrected chi connectivity index (χ3v) is 4.29. The van der Waals surface area contributed by atoms with Crippen LogP contribution in [0.25, 0.3) is 10.8 Å². The number of benzene rings is 3. The number of carboxylic acid groups (broad SMARTS) is 1. The molecule has 0 saturated heterocycles. The zero-order valence-electron chi connectivity index (χ0n) is 13.5. The summed E-state index contributed by atoms with van der Waals surface area (Å²) in [5.41, 5.74) is 0.861. The SMILES string of the molecule is O=C(O[C@H](Cc1ccc2ccccc2c1)C(=O)O)c1cc(Cl)cc(Cl)c1. The minimum absolute atomic E-state index is 0.0558. The molecule has 1 atom stereocenters. The molecule has 0 radical (unpaired) electrons. The summed E-state index contributed by atoms with van der Waals surface area (Å²) >= 11 is 11.7. The van der Waals surface area contributed by atoms with Gasteiger partial charge in [0.25, 0.3) is 0 Å². The van der Waals surface area contributed by atoms with Crippen LogP contribution in [0.2, 0.25) is 10.0 Å². The fourth-order valence-electron chi connectivity index (χ4n) is 2.63. The first kappa shape index (κ1) is 18.2. The minimum atomic E-state index is -1.32. The molecule has 3 aromatic carbocycles. The molecule has 0 saturated carbocycles. The lowest BCUT2D eigenvalue weighted by Crippen LogP contribution is -2.29. The average Bonchev–Trinajstić information content (AvgIpc) is 2.60. The molecule has 6 heteroatoms. The molecule has 3 rings (SSSR count). The third-order valence-electron chi connectivity index (χ3n) is 3.86. The highest BCUT2D eigenvalue weighted by atomic mass is 35.5. The van der Waals surface area contributed by atoms with Crippen molar-refractivity contribution in [2.45, 2.75) is 12.5 Å². The van der Waals surface area contributed by atoms with Gasteiger partial charge in [0.15, 0.2) is 0 Å². The smallest absolute Gasteiger partial charge is 0.345 e. The lowest BCUT2D eigenvalue weighted by atomic mass is 10.0. The van der Waals surface area contributed by atoms with Gasteiger partial charge in [0.2, 0.25) is 6.10 Å². The van der Waals surface area contributed by atoms with E-state index in [9.17, 15) is 14.7 Å². The van der Waals surface area contributed by atoms with Crippen LogP contribution < -0.4 is 0 Å². The molecular weight excluding hydrogens is 375 g/mol. The Kier molecular flexibility index (Phi) is 5.45. The van der Waals surface area contributed by atoms with Crippen LogP contribution in [0.4, 0.5) is 0 Å². The minimum Gasteiger partial charge on any atom is -0.478 e. The Hall–Kier alpha value is -2.56. The number of hydrogen-bond donors (Lipinski definition) is 1. The summed E-state index contributed by atoms with van der Waals surface area (Å²) in [4.78, 5) is 23.8. The van der Waals surface area contributed by atoms with E-state index in [-0.39, 0.29) is 22.0 Å². The quantitative estimate of drug-likeness (QED) is 0.624. The van der Waals surface area contributed by atoms with Crippen molar-refractivity contribution in [3.63, 3.8) is 0 Å². The first-order valence-electron chi connectivity index (χ1n) is 7.80. The fourth-order valence-corrected chi connectivity index (χ4v) is 3.15. The van der Waals surface area contributed by atoms with E-state index in [0.717, 1.165) is 16.3 Å². The second kappa shape index (κ2) is 7.77. The largest absolute Gasteiger partial charge is 0.478 e. The predicted molar refractivity (Wildman–Crippen MR) is 101 cm³/mol. The highest BCUT2D eigenvalue weighted by molar-refractivity contribution is 6.35. The van der Waals surface area contributed by atoms with Crippen molar-refractivity contribution < 1.29 is 19.4 Å². The Morgan fingerprint density at radius 2 is 1.58 bits per heavy atom. The fraction of sp³-hybridized carbons (Fsp3) is 0.100. The Morgan fingerprint density at radius 3 is 2.23 bits per heavy atom. The van der Waals surface area contributed by atoms with Gasteiger partial charge < -0.3 is 9.84 Å². The summed E-state index contributed by atoms with van der Waals surface area (Å²) in [6, 6.07) is 17.6. The van der Waals surface area contributed by atoms with Crippen molar-refractivity contribution in [2.75, 3.05) is 0 Å². The second-order valence-electron chi connectivity index (χ2n) is 5.78. The van der Waals surface area contributed by atoms with E-state index in [4.69, 9.17) is 27.9 Å². The summed E-state index contributed by atoms with van der Waals surface area (Å²) in [7, 11) is 0. The lowest BCUT2D eigenvalue weighted by Gasteiger charge is -2.14. The van der Waals surface area contributed by atoms with Crippen LogP contribution in [-0.4, -0.2) is 23.1 Å². The summed E-state index contributed by atoms with van der Waals surface area (Å²) in [5, 5.41) is 12.0. The number of carboxylic acids is 1. The normalized spacial score (nSPS) is 11.9. The average molecular weight is 389 g/mol. The van der Waals surface area contributed by atoms with Crippen LogP contribution >= 0.6 is 23.2 Å². The molecule has 26 heavy (non-hydrogen) atoms. The van der Waals surface area contributed by atoms with Gasteiger partial charge >= 0.3 is 11.9 Å².